The monoisotopic (exact) mass is 242 g/mol. The fourth-order valence-electron chi connectivity index (χ4n) is 0. The van der Waals surface area contributed by atoms with Crippen LogP contribution in [0.15, 0.2) is 0 Å². The maximum absolute atomic E-state index is 8.74. The summed E-state index contributed by atoms with van der Waals surface area (Å²) in [6.07, 6.45) is 0. The van der Waals surface area contributed by atoms with Crippen molar-refractivity contribution < 1.29 is 42.2 Å². The summed E-state index contributed by atoms with van der Waals surface area (Å²) in [6.45, 7) is 0. The van der Waals surface area contributed by atoms with Crippen molar-refractivity contribution in [3.63, 3.8) is 0 Å². The van der Waals surface area contributed by atoms with Gasteiger partial charge in [-0.2, -0.15) is 0 Å². The van der Waals surface area contributed by atoms with Gasteiger partial charge in [-0.05, 0) is 0 Å². The van der Waals surface area contributed by atoms with Crippen molar-refractivity contribution in [3.05, 3.63) is 0 Å². The van der Waals surface area contributed by atoms with E-state index in [2.05, 4.69) is 0 Å². The van der Waals surface area contributed by atoms with Gasteiger partial charge in [0, 0.05) is 0 Å². The third-order valence-corrected chi connectivity index (χ3v) is 0. The summed E-state index contributed by atoms with van der Waals surface area (Å²) in [5, 5.41) is 0. The van der Waals surface area contributed by atoms with Crippen molar-refractivity contribution >= 4 is 46.4 Å². The molecule has 13 heteroatoms. The van der Waals surface area contributed by atoms with E-state index in [4.69, 9.17) is 42.2 Å². The van der Waals surface area contributed by atoms with Crippen LogP contribution in [-0.2, 0) is 13.4 Å². The van der Waals surface area contributed by atoms with E-state index in [1.54, 1.807) is 0 Å². The fourth-order valence-corrected chi connectivity index (χ4v) is 0. The number of hydrogen-bond donors (Lipinski definition) is 6. The quantitative estimate of drug-likeness (QED) is 0.226. The van der Waals surface area contributed by atoms with E-state index in [0.29, 0.717) is 0 Å². The van der Waals surface area contributed by atoms with Crippen molar-refractivity contribution in [1.29, 1.82) is 0 Å². The van der Waals surface area contributed by atoms with Crippen LogP contribution in [0.5, 0.6) is 0 Å². The third kappa shape index (κ3) is 3350. The maximum atomic E-state index is 8.74. The van der Waals surface area contributed by atoms with Gasteiger partial charge >= 0.3 is 46.4 Å². The van der Waals surface area contributed by atoms with Crippen molar-refractivity contribution in [2.75, 3.05) is 0 Å². The molecule has 6 N–H and O–H groups in total. The Morgan fingerprint density at radius 2 is 0.538 bits per heavy atom. The molecule has 0 aromatic heterocycles. The zero-order valence-corrected chi connectivity index (χ0v) is 8.41. The van der Waals surface area contributed by atoms with Gasteiger partial charge in [-0.1, -0.05) is 0 Å². The molecule has 0 fully saturated rings. The van der Waals surface area contributed by atoms with Crippen LogP contribution in [0.2, 0.25) is 0 Å². The van der Waals surface area contributed by atoms with Crippen LogP contribution in [0.4, 0.5) is 0 Å². The second-order valence-corrected chi connectivity index (χ2v) is 2.54. The molecule has 0 aliphatic heterocycles. The van der Waals surface area contributed by atoms with Gasteiger partial charge in [0.15, 0.2) is 0 Å². The van der Waals surface area contributed by atoms with Gasteiger partial charge in [0.05, 0.1) is 0 Å². The minimum atomic E-state index is -3.13. The van der Waals surface area contributed by atoms with Crippen LogP contribution >= 0.6 is 0 Å². The Hall–Kier alpha value is -0.552. The topological polar surface area (TPSA) is 173 Å². The van der Waals surface area contributed by atoms with Gasteiger partial charge in [0.25, 0.3) is 0 Å². The fraction of sp³-hybridized carbons (Fsp3) is 0. The molecule has 0 aliphatic carbocycles. The molecule has 0 saturated heterocycles. The second kappa shape index (κ2) is 17.5. The molecule has 0 rings (SSSR count). The summed E-state index contributed by atoms with van der Waals surface area (Å²) in [6, 6.07) is 0. The first-order chi connectivity index (χ1) is 5.20. The molecule has 0 saturated carbocycles. The van der Waals surface area contributed by atoms with E-state index in [-0.39, 0.29) is 18.9 Å². The molecule has 0 aliphatic rings. The summed E-state index contributed by atoms with van der Waals surface area (Å²) >= 11 is 0. The van der Waals surface area contributed by atoms with Crippen LogP contribution in [0.25, 0.3) is 0 Å². The van der Waals surface area contributed by atoms with Gasteiger partial charge in [-0.15, -0.1) is 0 Å². The molecule has 0 radical (unpaired) electrons. The van der Waals surface area contributed by atoms with Crippen molar-refractivity contribution in [1.82, 2.24) is 0 Å². The molecule has 0 bridgehead atoms. The Labute approximate surface area is 88.8 Å². The van der Waals surface area contributed by atoms with Crippen LogP contribution in [0.1, 0.15) is 0 Å². The summed E-state index contributed by atoms with van der Waals surface area (Å²) in [4.78, 5) is 42.9. The minimum absolute atomic E-state index is 0. The molecule has 0 unspecified atom stereocenters. The van der Waals surface area contributed by atoms with Crippen LogP contribution in [0, 0.1) is 0 Å². The van der Waals surface area contributed by atoms with Gasteiger partial charge in [-0.25, -0.2) is 0 Å². The van der Waals surface area contributed by atoms with Crippen molar-refractivity contribution in [2.24, 2.45) is 0 Å². The standard InChI is InChI=1S/Li.3H2O3Si.H/c;3*1-4(2)3;/h;3*1-2H;. The Morgan fingerprint density at radius 3 is 0.538 bits per heavy atom. The summed E-state index contributed by atoms with van der Waals surface area (Å²) in [7, 11) is -9.39. The second-order valence-electron chi connectivity index (χ2n) is 0.848. The van der Waals surface area contributed by atoms with Crippen LogP contribution in [-0.4, -0.2) is 75.1 Å². The predicted molar refractivity (Wildman–Crippen MR) is 39.8 cm³/mol. The summed E-state index contributed by atoms with van der Waals surface area (Å²) in [5.41, 5.74) is 0. The van der Waals surface area contributed by atoms with Gasteiger partial charge in [0.1, 0.15) is 0 Å². The Morgan fingerprint density at radius 1 is 0.538 bits per heavy atom. The molecule has 0 spiro atoms. The van der Waals surface area contributed by atoms with E-state index in [1.807, 2.05) is 0 Å². The molecule has 9 nitrogen and oxygen atoms in total. The van der Waals surface area contributed by atoms with Crippen LogP contribution in [0.3, 0.4) is 0 Å². The SMILES string of the molecule is O=[Si](O)O.O=[Si](O)O.O=[Si](O)O.[LiH]. The molecule has 0 aromatic rings. The third-order valence-electron chi connectivity index (χ3n) is 0. The Kier molecular flexibility index (Phi) is 30.8. The molecule has 0 heterocycles. The summed E-state index contributed by atoms with van der Waals surface area (Å²) in [5.74, 6) is 0. The zero-order chi connectivity index (χ0) is 10.7. The molecular weight excluding hydrogens is 235 g/mol. The number of hydrogen-bond acceptors (Lipinski definition) is 3. The predicted octanol–water partition coefficient (Wildman–Crippen LogP) is -5.49. The average molecular weight is 242 g/mol. The van der Waals surface area contributed by atoms with E-state index in [0.717, 1.165) is 0 Å². The van der Waals surface area contributed by atoms with Gasteiger partial charge in [-0.3, -0.25) is 13.4 Å². The first kappa shape index (κ1) is 22.9. The first-order valence-electron chi connectivity index (χ1n) is 1.95. The molecule has 0 atom stereocenters. The van der Waals surface area contributed by atoms with Gasteiger partial charge in [0.2, 0.25) is 0 Å². The molecule has 0 amide bonds. The van der Waals surface area contributed by atoms with Crippen LogP contribution < -0.4 is 0 Å². The summed E-state index contributed by atoms with van der Waals surface area (Å²) < 4.78 is 26.2. The van der Waals surface area contributed by atoms with Gasteiger partial charge < -0.3 is 28.8 Å². The molecule has 0 aromatic carbocycles. The molecule has 74 valence electrons. The van der Waals surface area contributed by atoms with Crippen molar-refractivity contribution in [3.8, 4) is 0 Å². The zero-order valence-electron chi connectivity index (χ0n) is 5.41. The van der Waals surface area contributed by atoms with E-state index in [1.165, 1.54) is 0 Å². The Balaban J connectivity index is -0.0000000450. The first-order valence-corrected chi connectivity index (χ1v) is 5.86. The molecular formula is H7LiO9Si3. The average Bonchev–Trinajstić information content (AvgIpc) is 1.54. The molecule has 13 heavy (non-hydrogen) atoms. The van der Waals surface area contributed by atoms with Crippen molar-refractivity contribution in [2.45, 2.75) is 0 Å². The normalized spacial score (nSPS) is 5.54. The Bertz CT molecular complexity index is 112. The van der Waals surface area contributed by atoms with E-state index < -0.39 is 27.5 Å². The van der Waals surface area contributed by atoms with E-state index in [9.17, 15) is 0 Å². The number of rotatable bonds is 0. The van der Waals surface area contributed by atoms with E-state index >= 15 is 0 Å².